The number of carbonyl (C=O) groups excluding carboxylic acids is 1. The number of benzene rings is 2. The summed E-state index contributed by atoms with van der Waals surface area (Å²) >= 11 is 0. The number of halogens is 5. The predicted octanol–water partition coefficient (Wildman–Crippen LogP) is 2.88. The van der Waals surface area contributed by atoms with Gasteiger partial charge in [0, 0.05) is 17.2 Å². The van der Waals surface area contributed by atoms with Crippen molar-refractivity contribution in [1.29, 1.82) is 0 Å². The highest BCUT2D eigenvalue weighted by molar-refractivity contribution is 5.93. The molecule has 1 heterocycles. The van der Waals surface area contributed by atoms with Crippen molar-refractivity contribution in [2.45, 2.75) is 18.3 Å². The molecule has 0 spiro atoms. The molecule has 12 heteroatoms. The highest BCUT2D eigenvalue weighted by atomic mass is 19.4. The topological polar surface area (TPSA) is 80.0 Å². The second-order valence-electron chi connectivity index (χ2n) is 8.11. The monoisotopic (exact) mass is 470 g/mol. The SMILES string of the molecule is C[N+](C)(CC(O)(Cn1cncn1)c1ccc(F)cc1F)NC(=O)c1cccc(C(F)(F)F)c1. The number of amides is 1. The summed E-state index contributed by atoms with van der Waals surface area (Å²) < 4.78 is 67.7. The van der Waals surface area contributed by atoms with E-state index in [1.807, 2.05) is 0 Å². The van der Waals surface area contributed by atoms with Crippen molar-refractivity contribution >= 4 is 5.91 Å². The highest BCUT2D eigenvalue weighted by Gasteiger charge is 2.41. The molecule has 1 unspecified atom stereocenters. The lowest BCUT2D eigenvalue weighted by atomic mass is 9.92. The molecule has 0 saturated carbocycles. The van der Waals surface area contributed by atoms with Gasteiger partial charge in [0.2, 0.25) is 0 Å². The number of quaternary nitrogens is 1. The maximum Gasteiger partial charge on any atom is 0.416 e. The molecule has 1 aromatic heterocycles. The van der Waals surface area contributed by atoms with E-state index in [4.69, 9.17) is 0 Å². The van der Waals surface area contributed by atoms with Gasteiger partial charge in [-0.2, -0.15) is 23.7 Å². The van der Waals surface area contributed by atoms with Crippen molar-refractivity contribution in [3.05, 3.63) is 83.4 Å². The molecule has 1 amide bonds. The van der Waals surface area contributed by atoms with E-state index in [2.05, 4.69) is 15.5 Å². The predicted molar refractivity (Wildman–Crippen MR) is 106 cm³/mol. The minimum Gasteiger partial charge on any atom is -0.377 e. The summed E-state index contributed by atoms with van der Waals surface area (Å²) in [6.45, 7) is -0.642. The van der Waals surface area contributed by atoms with E-state index in [0.29, 0.717) is 12.1 Å². The lowest BCUT2D eigenvalue weighted by Gasteiger charge is -2.37. The fraction of sp³-hybridized carbons (Fsp3) is 0.286. The minimum absolute atomic E-state index is 0.246. The number of nitrogens with zero attached hydrogens (tertiary/aromatic N) is 4. The smallest absolute Gasteiger partial charge is 0.377 e. The van der Waals surface area contributed by atoms with E-state index in [1.165, 1.54) is 37.5 Å². The Hall–Kier alpha value is -3.38. The molecule has 33 heavy (non-hydrogen) atoms. The van der Waals surface area contributed by atoms with Crippen molar-refractivity contribution in [1.82, 2.24) is 20.2 Å². The molecule has 3 rings (SSSR count). The fourth-order valence-corrected chi connectivity index (χ4v) is 3.54. The maximum absolute atomic E-state index is 14.6. The number of carbonyl (C=O) groups is 1. The standard InChI is InChI=1S/C21H20F5N5O2/c1-31(2,29-19(32)14-4-3-5-15(8-14)21(24,25)26)11-20(33,10-30-13-27-12-28-30)17-7-6-16(22)9-18(17)23/h3-9,12-13,33H,10-11H2,1-2H3/p+1. The van der Waals surface area contributed by atoms with Gasteiger partial charge < -0.3 is 5.11 Å². The number of aromatic nitrogens is 3. The largest absolute Gasteiger partial charge is 0.416 e. The van der Waals surface area contributed by atoms with Crippen LogP contribution in [0.3, 0.4) is 0 Å². The van der Waals surface area contributed by atoms with Gasteiger partial charge in [0.05, 0.1) is 26.2 Å². The van der Waals surface area contributed by atoms with E-state index in [0.717, 1.165) is 24.3 Å². The third kappa shape index (κ3) is 5.90. The number of likely N-dealkylation sites (N-methyl/N-ethyl adjacent to an activating group) is 1. The minimum atomic E-state index is -4.63. The van der Waals surface area contributed by atoms with Crippen LogP contribution < -0.4 is 5.43 Å². The quantitative estimate of drug-likeness (QED) is 0.316. The van der Waals surface area contributed by atoms with Crippen LogP contribution in [0.1, 0.15) is 21.5 Å². The lowest BCUT2D eigenvalue weighted by molar-refractivity contribution is -0.931. The summed E-state index contributed by atoms with van der Waals surface area (Å²) in [7, 11) is 2.92. The van der Waals surface area contributed by atoms with Crippen molar-refractivity contribution in [2.75, 3.05) is 20.6 Å². The molecule has 0 aliphatic carbocycles. The Morgan fingerprint density at radius 3 is 2.48 bits per heavy atom. The van der Waals surface area contributed by atoms with Crippen LogP contribution in [0.25, 0.3) is 0 Å². The van der Waals surface area contributed by atoms with Gasteiger partial charge in [0.1, 0.15) is 30.8 Å². The zero-order valence-corrected chi connectivity index (χ0v) is 17.6. The van der Waals surface area contributed by atoms with E-state index in [-0.39, 0.29) is 24.2 Å². The summed E-state index contributed by atoms with van der Waals surface area (Å²) in [5, 5.41) is 15.3. The molecule has 0 aliphatic heterocycles. The van der Waals surface area contributed by atoms with Crippen LogP contribution in [-0.2, 0) is 18.3 Å². The van der Waals surface area contributed by atoms with Gasteiger partial charge in [0.25, 0.3) is 5.91 Å². The Balaban J connectivity index is 1.89. The first-order valence-corrected chi connectivity index (χ1v) is 9.62. The van der Waals surface area contributed by atoms with Gasteiger partial charge in [-0.15, -0.1) is 0 Å². The summed E-state index contributed by atoms with van der Waals surface area (Å²) in [5.74, 6) is -2.69. The molecule has 3 aromatic rings. The van der Waals surface area contributed by atoms with Crippen LogP contribution in [0.2, 0.25) is 0 Å². The Kier molecular flexibility index (Phi) is 6.52. The molecule has 176 valence electrons. The number of rotatable bonds is 7. The molecule has 0 radical (unpaired) electrons. The Morgan fingerprint density at radius 2 is 1.88 bits per heavy atom. The number of nitrogens with one attached hydrogen (secondary N) is 1. The molecule has 0 saturated heterocycles. The van der Waals surface area contributed by atoms with Gasteiger partial charge >= 0.3 is 6.18 Å². The summed E-state index contributed by atoms with van der Waals surface area (Å²) in [6.07, 6.45) is -2.14. The fourth-order valence-electron chi connectivity index (χ4n) is 3.54. The first-order valence-electron chi connectivity index (χ1n) is 9.62. The van der Waals surface area contributed by atoms with Gasteiger partial charge in [-0.1, -0.05) is 6.07 Å². The third-order valence-corrected chi connectivity index (χ3v) is 4.84. The van der Waals surface area contributed by atoms with Gasteiger partial charge in [-0.05, 0) is 30.3 Å². The van der Waals surface area contributed by atoms with Crippen LogP contribution in [-0.4, -0.2) is 51.0 Å². The van der Waals surface area contributed by atoms with Crippen LogP contribution in [0.15, 0.2) is 55.1 Å². The normalized spacial score (nSPS) is 14.1. The van der Waals surface area contributed by atoms with Crippen LogP contribution in [0.5, 0.6) is 0 Å². The molecule has 0 fully saturated rings. The van der Waals surface area contributed by atoms with E-state index in [1.54, 1.807) is 0 Å². The maximum atomic E-state index is 14.6. The third-order valence-electron chi connectivity index (χ3n) is 4.84. The number of alkyl halides is 3. The molecular formula is C21H21F5N5O2+. The first kappa shape index (κ1) is 24.3. The Labute approximate surface area is 185 Å². The van der Waals surface area contributed by atoms with E-state index in [9.17, 15) is 31.9 Å². The average molecular weight is 470 g/mol. The molecule has 7 nitrogen and oxygen atoms in total. The van der Waals surface area contributed by atoms with Crippen molar-refractivity contribution in [2.24, 2.45) is 0 Å². The second-order valence-corrected chi connectivity index (χ2v) is 8.11. The Morgan fingerprint density at radius 1 is 1.15 bits per heavy atom. The van der Waals surface area contributed by atoms with Gasteiger partial charge in [-0.25, -0.2) is 23.0 Å². The molecule has 0 bridgehead atoms. The first-order chi connectivity index (χ1) is 15.3. The molecule has 2 N–H and O–H groups in total. The molecule has 0 aliphatic rings. The van der Waals surface area contributed by atoms with Crippen LogP contribution in [0, 0.1) is 11.6 Å². The summed E-state index contributed by atoms with van der Waals surface area (Å²) in [5.41, 5.74) is -0.974. The van der Waals surface area contributed by atoms with Crippen molar-refractivity contribution in [3.8, 4) is 0 Å². The number of hydrogen-bond donors (Lipinski definition) is 2. The lowest BCUT2D eigenvalue weighted by Crippen LogP contribution is -2.61. The van der Waals surface area contributed by atoms with E-state index < -0.39 is 39.5 Å². The number of hydrogen-bond acceptors (Lipinski definition) is 4. The number of aliphatic hydroxyl groups is 1. The molecule has 2 aromatic carbocycles. The zero-order valence-electron chi connectivity index (χ0n) is 17.6. The van der Waals surface area contributed by atoms with Crippen molar-refractivity contribution < 1.29 is 36.4 Å². The summed E-state index contributed by atoms with van der Waals surface area (Å²) in [4.78, 5) is 16.4. The molecule has 1 atom stereocenters. The Bertz CT molecular complexity index is 1130. The highest BCUT2D eigenvalue weighted by Crippen LogP contribution is 2.30. The van der Waals surface area contributed by atoms with Crippen molar-refractivity contribution in [3.63, 3.8) is 0 Å². The summed E-state index contributed by atoms with van der Waals surface area (Å²) in [6, 6.07) is 6.53. The van der Waals surface area contributed by atoms with Crippen LogP contribution in [0.4, 0.5) is 22.0 Å². The second kappa shape index (κ2) is 8.87. The van der Waals surface area contributed by atoms with Crippen LogP contribution >= 0.6 is 0 Å². The van der Waals surface area contributed by atoms with E-state index >= 15 is 0 Å². The van der Waals surface area contributed by atoms with Gasteiger partial charge in [-0.3, -0.25) is 4.79 Å². The zero-order chi connectivity index (χ0) is 24.4. The van der Waals surface area contributed by atoms with Gasteiger partial charge in [0.15, 0.2) is 5.60 Å². The average Bonchev–Trinajstić information content (AvgIpc) is 3.18. The molecular weight excluding hydrogens is 449 g/mol.